The molecule has 0 aliphatic carbocycles. The van der Waals surface area contributed by atoms with Crippen molar-refractivity contribution in [2.24, 2.45) is 5.92 Å². The molecule has 150 valence electrons. The van der Waals surface area contributed by atoms with Crippen molar-refractivity contribution >= 4 is 45.5 Å². The molecule has 1 amide bonds. The molecule has 2 unspecified atom stereocenters. The van der Waals surface area contributed by atoms with Crippen LogP contribution < -0.4 is 16.0 Å². The minimum Gasteiger partial charge on any atom is -0.465 e. The molecule has 28 heavy (non-hydrogen) atoms. The van der Waals surface area contributed by atoms with E-state index < -0.39 is 5.97 Å². The fraction of sp³-hybridized carbons (Fsp3) is 0.474. The number of ether oxygens (including phenoxy) is 1. The van der Waals surface area contributed by atoms with Crippen molar-refractivity contribution in [2.75, 3.05) is 23.1 Å². The van der Waals surface area contributed by atoms with Crippen LogP contribution in [0.1, 0.15) is 46.9 Å². The van der Waals surface area contributed by atoms with Gasteiger partial charge in [-0.3, -0.25) is 4.79 Å². The van der Waals surface area contributed by atoms with Crippen molar-refractivity contribution in [3.8, 4) is 0 Å². The van der Waals surface area contributed by atoms with Crippen LogP contribution in [0.3, 0.4) is 0 Å². The Kier molecular flexibility index (Phi) is 5.55. The van der Waals surface area contributed by atoms with Crippen molar-refractivity contribution in [2.45, 2.75) is 47.1 Å². The van der Waals surface area contributed by atoms with Gasteiger partial charge in [-0.2, -0.15) is 0 Å². The van der Waals surface area contributed by atoms with Crippen molar-refractivity contribution < 1.29 is 14.3 Å². The maximum atomic E-state index is 12.6. The summed E-state index contributed by atoms with van der Waals surface area (Å²) in [6.07, 6.45) is 0.867. The van der Waals surface area contributed by atoms with Crippen LogP contribution in [-0.4, -0.2) is 35.0 Å². The van der Waals surface area contributed by atoms with E-state index in [4.69, 9.17) is 4.74 Å². The molecule has 0 saturated carbocycles. The topological polar surface area (TPSA) is 105 Å². The predicted octanol–water partition coefficient (Wildman–Crippen LogP) is 3.77. The van der Waals surface area contributed by atoms with Gasteiger partial charge in [-0.15, -0.1) is 11.3 Å². The molecule has 1 aliphatic rings. The average molecular weight is 404 g/mol. The van der Waals surface area contributed by atoms with Crippen LogP contribution in [0.2, 0.25) is 0 Å². The van der Waals surface area contributed by atoms with Crippen LogP contribution in [0.4, 0.5) is 22.3 Å². The van der Waals surface area contributed by atoms with Crippen LogP contribution in [0.25, 0.3) is 0 Å². The lowest BCUT2D eigenvalue weighted by Gasteiger charge is -2.30. The third-order valence-corrected chi connectivity index (χ3v) is 6.19. The number of nitrogens with zero attached hydrogens (tertiary/aromatic N) is 2. The molecule has 2 aromatic rings. The first-order chi connectivity index (χ1) is 13.3. The first kappa shape index (κ1) is 20.1. The zero-order chi connectivity index (χ0) is 20.6. The fourth-order valence-electron chi connectivity index (χ4n) is 3.11. The van der Waals surface area contributed by atoms with Gasteiger partial charge < -0.3 is 20.7 Å². The Labute approximate surface area is 168 Å². The number of hydrogen-bond acceptors (Lipinski definition) is 8. The van der Waals surface area contributed by atoms with Gasteiger partial charge in [0.2, 0.25) is 5.91 Å². The number of aromatic nitrogens is 2. The lowest BCUT2D eigenvalue weighted by molar-refractivity contribution is -0.118. The first-order valence-corrected chi connectivity index (χ1v) is 9.99. The number of nitrogens with one attached hydrogen (secondary N) is 3. The number of esters is 1. The summed E-state index contributed by atoms with van der Waals surface area (Å²) in [5, 5.41) is 10.00. The molecule has 3 N–H and O–H groups in total. The van der Waals surface area contributed by atoms with Gasteiger partial charge in [0.15, 0.2) is 11.6 Å². The Balaban J connectivity index is 2.03. The molecular formula is C19H25N5O3S. The van der Waals surface area contributed by atoms with Crippen LogP contribution in [0.15, 0.2) is 0 Å². The highest BCUT2D eigenvalue weighted by Gasteiger charge is 2.32. The number of fused-ring (bicyclic) bond motifs is 1. The van der Waals surface area contributed by atoms with Crippen LogP contribution >= 0.6 is 11.3 Å². The second-order valence-corrected chi connectivity index (χ2v) is 8.17. The fourth-order valence-corrected chi connectivity index (χ4v) is 4.15. The van der Waals surface area contributed by atoms with Crippen molar-refractivity contribution in [3.63, 3.8) is 0 Å². The minimum absolute atomic E-state index is 0.121. The van der Waals surface area contributed by atoms with E-state index in [0.717, 1.165) is 16.9 Å². The Morgan fingerprint density at radius 2 is 2.04 bits per heavy atom. The summed E-state index contributed by atoms with van der Waals surface area (Å²) in [6, 6.07) is -0.350. The molecule has 0 aromatic carbocycles. The Morgan fingerprint density at radius 3 is 2.68 bits per heavy atom. The molecular weight excluding hydrogens is 378 g/mol. The van der Waals surface area contributed by atoms with E-state index in [1.165, 1.54) is 18.4 Å². The second kappa shape index (κ2) is 7.75. The lowest BCUT2D eigenvalue weighted by Crippen LogP contribution is -2.43. The minimum atomic E-state index is -0.414. The molecule has 0 saturated heterocycles. The number of rotatable bonds is 5. The molecule has 0 radical (unpaired) electrons. The lowest BCUT2D eigenvalue weighted by atomic mass is 9.97. The van der Waals surface area contributed by atoms with Crippen molar-refractivity contribution in [3.05, 3.63) is 21.8 Å². The summed E-state index contributed by atoms with van der Waals surface area (Å²) in [5.74, 6) is 1.19. The number of thiophene rings is 1. The van der Waals surface area contributed by atoms with Gasteiger partial charge in [0, 0.05) is 4.88 Å². The van der Waals surface area contributed by atoms with Crippen LogP contribution in [0, 0.1) is 26.7 Å². The van der Waals surface area contributed by atoms with Gasteiger partial charge in [-0.05, 0) is 32.3 Å². The Hall–Kier alpha value is -2.68. The molecule has 2 aromatic heterocycles. The maximum absolute atomic E-state index is 12.6. The predicted molar refractivity (Wildman–Crippen MR) is 111 cm³/mol. The smallest absolute Gasteiger partial charge is 0.341 e. The van der Waals surface area contributed by atoms with E-state index in [1.807, 2.05) is 27.7 Å². The zero-order valence-electron chi connectivity index (χ0n) is 16.9. The third-order valence-electron chi connectivity index (χ3n) is 5.06. The number of amides is 1. The summed E-state index contributed by atoms with van der Waals surface area (Å²) in [6.45, 7) is 9.68. The van der Waals surface area contributed by atoms with Crippen molar-refractivity contribution in [1.82, 2.24) is 9.97 Å². The highest BCUT2D eigenvalue weighted by molar-refractivity contribution is 7.16. The highest BCUT2D eigenvalue weighted by Crippen LogP contribution is 2.39. The van der Waals surface area contributed by atoms with E-state index in [0.29, 0.717) is 33.7 Å². The molecule has 0 bridgehead atoms. The van der Waals surface area contributed by atoms with E-state index in [9.17, 15) is 9.59 Å². The summed E-state index contributed by atoms with van der Waals surface area (Å²) in [7, 11) is 1.36. The van der Waals surface area contributed by atoms with E-state index in [1.54, 1.807) is 6.92 Å². The van der Waals surface area contributed by atoms with Crippen LogP contribution in [0.5, 0.6) is 0 Å². The number of anilines is 4. The SMILES string of the molecule is CCC(C)C1Nc2nc(C)nc(Nc3sc(C)c(C)c3C(=O)OC)c2NC1=O. The van der Waals surface area contributed by atoms with E-state index in [-0.39, 0.29) is 17.9 Å². The molecule has 8 nitrogen and oxygen atoms in total. The number of methoxy groups -OCH3 is 1. The molecule has 3 rings (SSSR count). The van der Waals surface area contributed by atoms with Crippen molar-refractivity contribution in [1.29, 1.82) is 0 Å². The highest BCUT2D eigenvalue weighted by atomic mass is 32.1. The van der Waals surface area contributed by atoms with E-state index in [2.05, 4.69) is 25.9 Å². The molecule has 0 fully saturated rings. The summed E-state index contributed by atoms with van der Waals surface area (Å²) < 4.78 is 4.93. The normalized spacial score (nSPS) is 16.6. The van der Waals surface area contributed by atoms with Gasteiger partial charge in [0.1, 0.15) is 22.6 Å². The van der Waals surface area contributed by atoms with Gasteiger partial charge >= 0.3 is 5.97 Å². The van der Waals surface area contributed by atoms with Gasteiger partial charge in [-0.1, -0.05) is 20.3 Å². The summed E-state index contributed by atoms with van der Waals surface area (Å²) in [5.41, 5.74) is 1.82. The maximum Gasteiger partial charge on any atom is 0.341 e. The third kappa shape index (κ3) is 3.54. The Morgan fingerprint density at radius 1 is 1.32 bits per heavy atom. The standard InChI is InChI=1S/C19H25N5O3S/c1-7-8(2)13-17(25)23-14-15(22-13)20-11(5)21-16(14)24-18-12(19(26)27-6)9(3)10(4)28-18/h8,13H,7H2,1-6H3,(H,23,25)(H2,20,21,22,24). The number of carbonyl (C=O) groups is 2. The summed E-state index contributed by atoms with van der Waals surface area (Å²) in [4.78, 5) is 34.7. The monoisotopic (exact) mass is 403 g/mol. The van der Waals surface area contributed by atoms with Gasteiger partial charge in [-0.25, -0.2) is 14.8 Å². The Bertz CT molecular complexity index is 940. The number of aryl methyl sites for hydroxylation is 2. The van der Waals surface area contributed by atoms with E-state index >= 15 is 0 Å². The van der Waals surface area contributed by atoms with Crippen LogP contribution in [-0.2, 0) is 9.53 Å². The zero-order valence-corrected chi connectivity index (χ0v) is 17.7. The molecule has 3 heterocycles. The first-order valence-electron chi connectivity index (χ1n) is 9.18. The van der Waals surface area contributed by atoms with Gasteiger partial charge in [0.25, 0.3) is 0 Å². The molecule has 0 spiro atoms. The quantitative estimate of drug-likeness (QED) is 0.653. The number of carbonyl (C=O) groups excluding carboxylic acids is 2. The summed E-state index contributed by atoms with van der Waals surface area (Å²) >= 11 is 1.44. The van der Waals surface area contributed by atoms with Gasteiger partial charge in [0.05, 0.1) is 12.7 Å². The average Bonchev–Trinajstić information content (AvgIpc) is 2.94. The molecule has 9 heteroatoms. The number of hydrogen-bond donors (Lipinski definition) is 3. The largest absolute Gasteiger partial charge is 0.465 e. The molecule has 2 atom stereocenters. The molecule has 1 aliphatic heterocycles. The second-order valence-electron chi connectivity index (χ2n) is 6.94.